The van der Waals surface area contributed by atoms with Crippen LogP contribution in [-0.4, -0.2) is 21.1 Å². The van der Waals surface area contributed by atoms with Crippen LogP contribution < -0.4 is 0 Å². The van der Waals surface area contributed by atoms with Crippen molar-refractivity contribution in [2.75, 3.05) is 5.33 Å². The van der Waals surface area contributed by atoms with Gasteiger partial charge in [-0.3, -0.25) is 4.79 Å². The van der Waals surface area contributed by atoms with E-state index in [1.165, 1.54) is 0 Å². The third kappa shape index (κ3) is 1.85. The molecule has 1 heterocycles. The summed E-state index contributed by atoms with van der Waals surface area (Å²) in [5.74, 6) is 0.861. The van der Waals surface area contributed by atoms with Gasteiger partial charge in [0.25, 0.3) is 0 Å². The summed E-state index contributed by atoms with van der Waals surface area (Å²) in [6, 6.07) is 7.74. The molecule has 0 aliphatic heterocycles. The lowest BCUT2D eigenvalue weighted by Gasteiger charge is -1.90. The second-order valence-corrected chi connectivity index (χ2v) is 3.61. The summed E-state index contributed by atoms with van der Waals surface area (Å²) in [6.45, 7) is 0. The van der Waals surface area contributed by atoms with Gasteiger partial charge in [0, 0.05) is 0 Å². The molecule has 0 spiro atoms. The van der Waals surface area contributed by atoms with Crippen molar-refractivity contribution in [3.63, 3.8) is 0 Å². The van der Waals surface area contributed by atoms with Crippen LogP contribution in [0.5, 0.6) is 0 Å². The number of hydrogen-bond acceptors (Lipinski definition) is 2. The molecule has 2 aromatic rings. The van der Waals surface area contributed by atoms with Gasteiger partial charge < -0.3 is 4.98 Å². The van der Waals surface area contributed by atoms with Crippen LogP contribution in [0.3, 0.4) is 0 Å². The third-order valence-corrected chi connectivity index (χ3v) is 2.58. The topological polar surface area (TPSA) is 45.8 Å². The standard InChI is InChI=1S/C10H9BrN2O/c11-6-7(14)5-10-12-8-3-1-2-4-9(8)13-10/h1-4H,5-6H2,(H,12,13). The van der Waals surface area contributed by atoms with Gasteiger partial charge in [-0.2, -0.15) is 0 Å². The fraction of sp³-hybridized carbons (Fsp3) is 0.200. The minimum Gasteiger partial charge on any atom is -0.342 e. The van der Waals surface area contributed by atoms with Crippen molar-refractivity contribution in [1.82, 2.24) is 9.97 Å². The van der Waals surface area contributed by atoms with E-state index in [0.29, 0.717) is 11.8 Å². The van der Waals surface area contributed by atoms with Crippen molar-refractivity contribution in [3.8, 4) is 0 Å². The second-order valence-electron chi connectivity index (χ2n) is 3.05. The molecule has 1 aromatic heterocycles. The molecule has 4 heteroatoms. The SMILES string of the molecule is O=C(CBr)Cc1nc2ccccc2[nH]1. The van der Waals surface area contributed by atoms with E-state index in [2.05, 4.69) is 25.9 Å². The van der Waals surface area contributed by atoms with Gasteiger partial charge in [0.1, 0.15) is 5.82 Å². The highest BCUT2D eigenvalue weighted by atomic mass is 79.9. The van der Waals surface area contributed by atoms with Crippen LogP contribution in [0.1, 0.15) is 5.82 Å². The van der Waals surface area contributed by atoms with Crippen molar-refractivity contribution < 1.29 is 4.79 Å². The van der Waals surface area contributed by atoms with Crippen LogP contribution in [-0.2, 0) is 11.2 Å². The minimum atomic E-state index is 0.129. The summed E-state index contributed by atoms with van der Waals surface area (Å²) in [4.78, 5) is 18.6. The fourth-order valence-electron chi connectivity index (χ4n) is 1.32. The number of carbonyl (C=O) groups is 1. The predicted molar refractivity (Wildman–Crippen MR) is 58.6 cm³/mol. The van der Waals surface area contributed by atoms with Gasteiger partial charge in [0.05, 0.1) is 22.8 Å². The zero-order chi connectivity index (χ0) is 9.97. The van der Waals surface area contributed by atoms with Gasteiger partial charge in [-0.25, -0.2) is 4.98 Å². The lowest BCUT2D eigenvalue weighted by atomic mass is 10.3. The number of para-hydroxylation sites is 2. The van der Waals surface area contributed by atoms with Gasteiger partial charge in [0.2, 0.25) is 0 Å². The number of nitrogens with one attached hydrogen (secondary N) is 1. The van der Waals surface area contributed by atoms with E-state index < -0.39 is 0 Å². The van der Waals surface area contributed by atoms with Crippen LogP contribution in [0.4, 0.5) is 0 Å². The molecule has 2 rings (SSSR count). The Labute approximate surface area is 89.7 Å². The van der Waals surface area contributed by atoms with E-state index in [0.717, 1.165) is 16.9 Å². The Bertz CT molecular complexity index is 431. The predicted octanol–water partition coefficient (Wildman–Crippen LogP) is 2.07. The molecule has 0 saturated heterocycles. The Hall–Kier alpha value is -1.16. The number of alkyl halides is 1. The van der Waals surface area contributed by atoms with E-state index in [1.807, 2.05) is 24.3 Å². The molecule has 14 heavy (non-hydrogen) atoms. The average molecular weight is 253 g/mol. The van der Waals surface area contributed by atoms with E-state index in [-0.39, 0.29) is 5.78 Å². The Morgan fingerprint density at radius 3 is 2.93 bits per heavy atom. The van der Waals surface area contributed by atoms with E-state index in [4.69, 9.17) is 0 Å². The lowest BCUT2D eigenvalue weighted by Crippen LogP contribution is -2.04. The van der Waals surface area contributed by atoms with Crippen molar-refractivity contribution in [2.24, 2.45) is 0 Å². The molecule has 0 aliphatic rings. The number of hydrogen-bond donors (Lipinski definition) is 1. The number of fused-ring (bicyclic) bond motifs is 1. The van der Waals surface area contributed by atoms with Gasteiger partial charge >= 0.3 is 0 Å². The van der Waals surface area contributed by atoms with Gasteiger partial charge in [-0.15, -0.1) is 0 Å². The number of nitrogens with zero attached hydrogens (tertiary/aromatic N) is 1. The van der Waals surface area contributed by atoms with Crippen LogP contribution in [0.2, 0.25) is 0 Å². The average Bonchev–Trinajstić information content (AvgIpc) is 2.59. The smallest absolute Gasteiger partial charge is 0.150 e. The molecular formula is C10H9BrN2O. The fourth-order valence-corrected chi connectivity index (χ4v) is 1.52. The number of Topliss-reactive ketones (excluding diaryl/α,β-unsaturated/α-hetero) is 1. The molecule has 1 N–H and O–H groups in total. The van der Waals surface area contributed by atoms with E-state index in [1.54, 1.807) is 0 Å². The first-order chi connectivity index (χ1) is 6.79. The highest BCUT2D eigenvalue weighted by Gasteiger charge is 2.06. The Kier molecular flexibility index (Phi) is 2.63. The summed E-state index contributed by atoms with van der Waals surface area (Å²) >= 11 is 3.12. The number of halogens is 1. The zero-order valence-corrected chi connectivity index (χ0v) is 9.04. The minimum absolute atomic E-state index is 0.129. The van der Waals surface area contributed by atoms with E-state index in [9.17, 15) is 4.79 Å². The summed E-state index contributed by atoms with van der Waals surface area (Å²) in [6.07, 6.45) is 0.361. The van der Waals surface area contributed by atoms with Gasteiger partial charge in [-0.1, -0.05) is 28.1 Å². The highest BCUT2D eigenvalue weighted by Crippen LogP contribution is 2.10. The summed E-state index contributed by atoms with van der Waals surface area (Å²) < 4.78 is 0. The molecule has 0 aliphatic carbocycles. The number of rotatable bonds is 3. The first-order valence-corrected chi connectivity index (χ1v) is 5.43. The molecule has 0 radical (unpaired) electrons. The van der Waals surface area contributed by atoms with Crippen LogP contribution in [0.15, 0.2) is 24.3 Å². The maximum atomic E-state index is 11.2. The van der Waals surface area contributed by atoms with Gasteiger partial charge in [0.15, 0.2) is 5.78 Å². The highest BCUT2D eigenvalue weighted by molar-refractivity contribution is 9.09. The molecule has 0 saturated carbocycles. The number of aromatic nitrogens is 2. The summed E-state index contributed by atoms with van der Waals surface area (Å²) in [5, 5.41) is 0.379. The number of ketones is 1. The normalized spacial score (nSPS) is 10.6. The number of benzene rings is 1. The Balaban J connectivity index is 2.31. The maximum Gasteiger partial charge on any atom is 0.150 e. The molecule has 0 amide bonds. The lowest BCUT2D eigenvalue weighted by molar-refractivity contribution is -0.116. The van der Waals surface area contributed by atoms with Crippen molar-refractivity contribution >= 4 is 32.7 Å². The largest absolute Gasteiger partial charge is 0.342 e. The summed E-state index contributed by atoms with van der Waals surface area (Å²) in [7, 11) is 0. The second kappa shape index (κ2) is 3.92. The van der Waals surface area contributed by atoms with Crippen molar-refractivity contribution in [2.45, 2.75) is 6.42 Å². The first-order valence-electron chi connectivity index (χ1n) is 4.31. The van der Waals surface area contributed by atoms with Crippen LogP contribution in [0, 0.1) is 0 Å². The number of H-pyrrole nitrogens is 1. The molecule has 0 bridgehead atoms. The number of imidazole rings is 1. The summed E-state index contributed by atoms with van der Waals surface area (Å²) in [5.41, 5.74) is 1.88. The van der Waals surface area contributed by atoms with Crippen molar-refractivity contribution in [1.29, 1.82) is 0 Å². The molecule has 0 unspecified atom stereocenters. The molecule has 72 valence electrons. The number of aromatic amines is 1. The van der Waals surface area contributed by atoms with Crippen LogP contribution >= 0.6 is 15.9 Å². The maximum absolute atomic E-state index is 11.2. The quantitative estimate of drug-likeness (QED) is 0.851. The van der Waals surface area contributed by atoms with Gasteiger partial charge in [-0.05, 0) is 12.1 Å². The van der Waals surface area contributed by atoms with Crippen molar-refractivity contribution in [3.05, 3.63) is 30.1 Å². The molecule has 1 aromatic carbocycles. The van der Waals surface area contributed by atoms with Crippen LogP contribution in [0.25, 0.3) is 11.0 Å². The Morgan fingerprint density at radius 2 is 2.21 bits per heavy atom. The number of carbonyl (C=O) groups excluding carboxylic acids is 1. The molecule has 0 fully saturated rings. The monoisotopic (exact) mass is 252 g/mol. The molecule has 0 atom stereocenters. The Morgan fingerprint density at radius 1 is 1.43 bits per heavy atom. The first kappa shape index (κ1) is 9.40. The third-order valence-electron chi connectivity index (χ3n) is 1.95. The zero-order valence-electron chi connectivity index (χ0n) is 7.46. The molecular weight excluding hydrogens is 244 g/mol. The molecule has 3 nitrogen and oxygen atoms in total. The van der Waals surface area contributed by atoms with E-state index >= 15 is 0 Å².